The van der Waals surface area contributed by atoms with Crippen LogP contribution in [0.2, 0.25) is 0 Å². The zero-order valence-corrected chi connectivity index (χ0v) is 37.3. The first-order valence-electron chi connectivity index (χ1n) is 19.6. The average Bonchev–Trinajstić information content (AvgIpc) is 3.23. The summed E-state index contributed by atoms with van der Waals surface area (Å²) in [5, 5.41) is 48.3. The van der Waals surface area contributed by atoms with E-state index in [0.29, 0.717) is 31.4 Å². The predicted octanol–water partition coefficient (Wildman–Crippen LogP) is -5.83. The third kappa shape index (κ3) is 22.1. The van der Waals surface area contributed by atoms with Crippen LogP contribution in [0.25, 0.3) is 0 Å². The van der Waals surface area contributed by atoms with Gasteiger partial charge in [0.05, 0.1) is 19.3 Å². The molecule has 9 atom stereocenters. The van der Waals surface area contributed by atoms with Crippen LogP contribution in [0.3, 0.4) is 0 Å². The first kappa shape index (κ1) is 57.1. The molecular weight excluding hydrogens is 863 g/mol. The van der Waals surface area contributed by atoms with Crippen molar-refractivity contribution in [3.63, 3.8) is 0 Å². The van der Waals surface area contributed by atoms with Crippen LogP contribution in [0.4, 0.5) is 0 Å². The molecule has 26 heteroatoms. The maximum Gasteiger partial charge on any atom is 0.327 e. The van der Waals surface area contributed by atoms with Gasteiger partial charge in [0, 0.05) is 11.5 Å². The van der Waals surface area contributed by atoms with Crippen LogP contribution in [0.5, 0.6) is 0 Å². The van der Waals surface area contributed by atoms with Crippen molar-refractivity contribution in [3.8, 4) is 0 Å². The van der Waals surface area contributed by atoms with E-state index in [-0.39, 0.29) is 43.9 Å². The van der Waals surface area contributed by atoms with E-state index >= 15 is 0 Å². The van der Waals surface area contributed by atoms with Crippen molar-refractivity contribution in [1.29, 1.82) is 0 Å². The third-order valence-corrected chi connectivity index (χ3v) is 10.3. The second-order valence-corrected chi connectivity index (χ2v) is 15.6. The number of carboxylic acids is 1. The molecule has 0 aromatic carbocycles. The number of carboxylic acid groups (broad SMARTS) is 1. The smallest absolute Gasteiger partial charge is 0.327 e. The summed E-state index contributed by atoms with van der Waals surface area (Å²) in [6.07, 6.45) is 3.48. The average molecular weight is 928 g/mol. The lowest BCUT2D eigenvalue weighted by Crippen LogP contribution is -2.61. The van der Waals surface area contributed by atoms with Gasteiger partial charge in [0.1, 0.15) is 48.3 Å². The number of aliphatic hydroxyl groups is 2. The van der Waals surface area contributed by atoms with Crippen LogP contribution in [-0.2, 0) is 43.2 Å². The van der Waals surface area contributed by atoms with Crippen LogP contribution in [0.15, 0.2) is 0 Å². The lowest BCUT2D eigenvalue weighted by atomic mass is 10.0. The minimum absolute atomic E-state index is 0.00665. The molecule has 0 heterocycles. The molecule has 8 amide bonds. The lowest BCUT2D eigenvalue weighted by Gasteiger charge is -2.27. The van der Waals surface area contributed by atoms with E-state index in [1.54, 1.807) is 6.26 Å². The van der Waals surface area contributed by atoms with E-state index in [1.165, 1.54) is 25.6 Å². The zero-order chi connectivity index (χ0) is 46.7. The highest BCUT2D eigenvalue weighted by molar-refractivity contribution is 7.98. The Labute approximate surface area is 370 Å². The van der Waals surface area contributed by atoms with Crippen molar-refractivity contribution >= 4 is 90.2 Å². The fourth-order valence-electron chi connectivity index (χ4n) is 5.13. The summed E-state index contributed by atoms with van der Waals surface area (Å²) in [4.78, 5) is 116. The van der Waals surface area contributed by atoms with E-state index in [4.69, 9.17) is 17.2 Å². The van der Waals surface area contributed by atoms with Gasteiger partial charge in [-0.25, -0.2) is 4.79 Å². The Kier molecular flexibility index (Phi) is 29.8. The zero-order valence-electron chi connectivity index (χ0n) is 34.6. The number of aliphatic carboxylic acids is 1. The minimum Gasteiger partial charge on any atom is -0.480 e. The Balaban J connectivity index is 6.13. The molecule has 23 nitrogen and oxygen atoms in total. The number of hydrogen-bond donors (Lipinski definition) is 16. The van der Waals surface area contributed by atoms with E-state index in [2.05, 4.69) is 67.8 Å². The molecule has 350 valence electrons. The Morgan fingerprint density at radius 2 is 0.852 bits per heavy atom. The number of thiol groups is 2. The standard InChI is InChI=1S/C35H65N11O12S3/c1-18(39-29(51)20(38)16-59)27(49)44-25(15-48)34(56)42-21(8-4-6-11-36)30(52)43-23(10-13-61-3)32(54)41-22(9-5-7-12-37)31(53)45-24(14-47)33(55)40-19(2)28(50)46-26(17-60)35(57)58/h18-26,47-48,59-60H,4-17,36-38H2,1-3H3,(H,39,51)(H,40,55)(H,41,54)(H,42,56)(H,43,52)(H,44,49)(H,45,53)(H,46,50)(H,57,58)/t18-,19-,20-,21-,22-,23-,24-,25-,26-/m0/s1. The Morgan fingerprint density at radius 3 is 1.21 bits per heavy atom. The first-order valence-corrected chi connectivity index (χ1v) is 22.3. The summed E-state index contributed by atoms with van der Waals surface area (Å²) in [6, 6.07) is -11.8. The van der Waals surface area contributed by atoms with Crippen molar-refractivity contribution < 1.29 is 58.5 Å². The number of aliphatic hydroxyl groups excluding tert-OH is 2. The molecule has 0 radical (unpaired) electrons. The number of hydrogen-bond acceptors (Lipinski definition) is 17. The number of nitrogens with one attached hydrogen (secondary N) is 8. The Bertz CT molecular complexity index is 1450. The van der Waals surface area contributed by atoms with Gasteiger partial charge in [0.15, 0.2) is 0 Å². The normalized spacial score (nSPS) is 15.4. The fourth-order valence-corrected chi connectivity index (χ4v) is 6.02. The van der Waals surface area contributed by atoms with Gasteiger partial charge in [-0.3, -0.25) is 38.4 Å². The molecule has 0 aromatic heterocycles. The highest BCUT2D eigenvalue weighted by Crippen LogP contribution is 2.09. The summed E-state index contributed by atoms with van der Waals surface area (Å²) in [6.45, 7) is 1.30. The highest BCUT2D eigenvalue weighted by Gasteiger charge is 2.33. The van der Waals surface area contributed by atoms with Crippen LogP contribution in [0, 0.1) is 0 Å². The fraction of sp³-hybridized carbons (Fsp3) is 0.743. The lowest BCUT2D eigenvalue weighted by molar-refractivity contribution is -0.141. The molecule has 0 saturated carbocycles. The van der Waals surface area contributed by atoms with E-state index < -0.39 is 121 Å². The molecular formula is C35H65N11O12S3. The van der Waals surface area contributed by atoms with Crippen molar-refractivity contribution in [2.75, 3.05) is 49.8 Å². The van der Waals surface area contributed by atoms with Crippen molar-refractivity contribution in [2.24, 2.45) is 17.2 Å². The van der Waals surface area contributed by atoms with E-state index in [1.807, 2.05) is 0 Å². The van der Waals surface area contributed by atoms with Crippen LogP contribution >= 0.6 is 37.0 Å². The molecule has 0 aliphatic heterocycles. The number of amides is 8. The molecule has 0 rings (SSSR count). The molecule has 17 N–H and O–H groups in total. The largest absolute Gasteiger partial charge is 0.480 e. The summed E-state index contributed by atoms with van der Waals surface area (Å²) >= 11 is 9.17. The number of carbonyl (C=O) groups is 9. The van der Waals surface area contributed by atoms with Gasteiger partial charge < -0.3 is 75.1 Å². The summed E-state index contributed by atoms with van der Waals surface area (Å²) in [5.74, 6) is -8.03. The predicted molar refractivity (Wildman–Crippen MR) is 233 cm³/mol. The summed E-state index contributed by atoms with van der Waals surface area (Å²) in [5.41, 5.74) is 16.9. The van der Waals surface area contributed by atoms with Crippen LogP contribution < -0.4 is 59.7 Å². The highest BCUT2D eigenvalue weighted by atomic mass is 32.2. The van der Waals surface area contributed by atoms with E-state index in [9.17, 15) is 58.5 Å². The van der Waals surface area contributed by atoms with Crippen molar-refractivity contribution in [2.45, 2.75) is 113 Å². The summed E-state index contributed by atoms with van der Waals surface area (Å²) < 4.78 is 0. The second kappa shape index (κ2) is 31.9. The van der Waals surface area contributed by atoms with Gasteiger partial charge in [-0.05, 0) is 83.9 Å². The van der Waals surface area contributed by atoms with Gasteiger partial charge in [-0.15, -0.1) is 0 Å². The molecule has 0 aliphatic carbocycles. The van der Waals surface area contributed by atoms with Crippen LogP contribution in [0.1, 0.15) is 58.8 Å². The van der Waals surface area contributed by atoms with Gasteiger partial charge in [-0.2, -0.15) is 37.0 Å². The van der Waals surface area contributed by atoms with Crippen molar-refractivity contribution in [1.82, 2.24) is 42.5 Å². The number of nitrogens with two attached hydrogens (primary N) is 3. The molecule has 0 aromatic rings. The maximum absolute atomic E-state index is 13.8. The number of thioether (sulfide) groups is 1. The Morgan fingerprint density at radius 1 is 0.508 bits per heavy atom. The monoisotopic (exact) mass is 927 g/mol. The van der Waals surface area contributed by atoms with E-state index in [0.717, 1.165) is 0 Å². The first-order chi connectivity index (χ1) is 28.8. The molecule has 0 unspecified atom stereocenters. The van der Waals surface area contributed by atoms with Crippen molar-refractivity contribution in [3.05, 3.63) is 0 Å². The maximum atomic E-state index is 13.8. The molecule has 0 fully saturated rings. The summed E-state index contributed by atoms with van der Waals surface area (Å²) in [7, 11) is 0. The third-order valence-electron chi connectivity index (χ3n) is 8.87. The van der Waals surface area contributed by atoms with Gasteiger partial charge in [0.2, 0.25) is 47.3 Å². The van der Waals surface area contributed by atoms with Gasteiger partial charge in [0.25, 0.3) is 0 Å². The van der Waals surface area contributed by atoms with Gasteiger partial charge in [-0.1, -0.05) is 0 Å². The minimum atomic E-state index is -1.60. The number of unbranched alkanes of at least 4 members (excludes halogenated alkanes) is 2. The molecule has 61 heavy (non-hydrogen) atoms. The molecule has 0 aliphatic rings. The SMILES string of the molecule is CSCC[C@H](NC(=O)[C@H](CCCCN)NC(=O)[C@H](CO)NC(=O)[C@H](C)NC(=O)[C@@H](N)CS)C(=O)N[C@@H](CCCCN)C(=O)N[C@@H](CO)C(=O)N[C@@H](C)C(=O)N[C@@H](CS)C(=O)O. The molecule has 0 spiro atoms. The molecule has 0 bridgehead atoms. The number of rotatable bonds is 32. The van der Waals surface area contributed by atoms with Gasteiger partial charge >= 0.3 is 5.97 Å². The number of carbonyl (C=O) groups excluding carboxylic acids is 8. The Hall–Kier alpha value is -3.92. The van der Waals surface area contributed by atoms with Crippen LogP contribution in [-0.4, -0.2) is 173 Å². The molecule has 0 saturated heterocycles. The quantitative estimate of drug-likeness (QED) is 0.0221. The second-order valence-electron chi connectivity index (χ2n) is 13.9. The topological polar surface area (TPSA) is 389 Å².